The number of hydrogen-bond acceptors (Lipinski definition) is 5. The van der Waals surface area contributed by atoms with Crippen molar-refractivity contribution < 1.29 is 13.9 Å². The molecule has 0 bridgehead atoms. The summed E-state index contributed by atoms with van der Waals surface area (Å²) in [5.41, 5.74) is 2.91. The van der Waals surface area contributed by atoms with Crippen molar-refractivity contribution in [3.8, 4) is 0 Å². The molecule has 2 amide bonds. The molecule has 0 unspecified atom stereocenters. The van der Waals surface area contributed by atoms with Crippen molar-refractivity contribution in [3.05, 3.63) is 29.7 Å². The van der Waals surface area contributed by atoms with Crippen LogP contribution in [0.15, 0.2) is 22.6 Å². The highest BCUT2D eigenvalue weighted by Crippen LogP contribution is 2.18. The lowest BCUT2D eigenvalue weighted by molar-refractivity contribution is 0.103. The Hall–Kier alpha value is -2.12. The molecule has 2 aromatic rings. The highest BCUT2D eigenvalue weighted by molar-refractivity contribution is 5.74. The van der Waals surface area contributed by atoms with Crippen LogP contribution in [0.1, 0.15) is 24.3 Å². The molecule has 140 valence electrons. The van der Waals surface area contributed by atoms with Crippen LogP contribution in [-0.4, -0.2) is 66.2 Å². The maximum absolute atomic E-state index is 12.3. The third-order valence-corrected chi connectivity index (χ3v) is 5.11. The van der Waals surface area contributed by atoms with Gasteiger partial charge in [0.05, 0.1) is 12.6 Å². The second kappa shape index (κ2) is 7.63. The van der Waals surface area contributed by atoms with Crippen molar-refractivity contribution >= 4 is 17.1 Å². The van der Waals surface area contributed by atoms with Gasteiger partial charge in [0.15, 0.2) is 5.58 Å². The van der Waals surface area contributed by atoms with E-state index >= 15 is 0 Å². The number of amides is 2. The van der Waals surface area contributed by atoms with Crippen molar-refractivity contribution in [2.75, 3.05) is 39.3 Å². The van der Waals surface area contributed by atoms with E-state index in [1.54, 1.807) is 0 Å². The number of ether oxygens (including phenoxy) is 1. The van der Waals surface area contributed by atoms with Crippen LogP contribution in [0.3, 0.4) is 0 Å². The van der Waals surface area contributed by atoms with Gasteiger partial charge in [0.1, 0.15) is 5.52 Å². The van der Waals surface area contributed by atoms with Gasteiger partial charge >= 0.3 is 6.03 Å². The number of fused-ring (bicyclic) bond motifs is 1. The molecule has 2 saturated heterocycles. The molecule has 7 nitrogen and oxygen atoms in total. The molecule has 3 heterocycles. The molecule has 2 aliphatic rings. The van der Waals surface area contributed by atoms with Gasteiger partial charge in [-0.3, -0.25) is 4.90 Å². The molecule has 4 rings (SSSR count). The summed E-state index contributed by atoms with van der Waals surface area (Å²) in [5, 5.41) is 2.99. The second-order valence-electron chi connectivity index (χ2n) is 7.16. The van der Waals surface area contributed by atoms with E-state index in [-0.39, 0.29) is 12.1 Å². The minimum Gasteiger partial charge on any atom is -0.439 e. The fourth-order valence-electron chi connectivity index (χ4n) is 3.57. The molecular weight excluding hydrogens is 332 g/mol. The van der Waals surface area contributed by atoms with Crippen molar-refractivity contribution in [3.63, 3.8) is 0 Å². The number of urea groups is 1. The molecule has 26 heavy (non-hydrogen) atoms. The second-order valence-corrected chi connectivity index (χ2v) is 7.16. The van der Waals surface area contributed by atoms with Gasteiger partial charge in [-0.15, -0.1) is 0 Å². The average Bonchev–Trinajstić information content (AvgIpc) is 3.29. The van der Waals surface area contributed by atoms with Crippen LogP contribution in [0.2, 0.25) is 0 Å². The molecule has 2 aliphatic heterocycles. The molecule has 0 radical (unpaired) electrons. The highest BCUT2D eigenvalue weighted by Gasteiger charge is 2.23. The van der Waals surface area contributed by atoms with Gasteiger partial charge in [-0.1, -0.05) is 6.07 Å². The summed E-state index contributed by atoms with van der Waals surface area (Å²) in [6.07, 6.45) is 2.32. The largest absolute Gasteiger partial charge is 0.439 e. The Morgan fingerprint density at radius 1 is 1.31 bits per heavy atom. The normalized spacial score (nSPS) is 21.4. The Balaban J connectivity index is 1.25. The number of carbonyl (C=O) groups excluding carboxylic acids is 1. The van der Waals surface area contributed by atoms with Crippen LogP contribution in [-0.2, 0) is 11.3 Å². The van der Waals surface area contributed by atoms with E-state index in [2.05, 4.69) is 15.2 Å². The summed E-state index contributed by atoms with van der Waals surface area (Å²) in [7, 11) is 0. The van der Waals surface area contributed by atoms with Gasteiger partial charge in [-0.2, -0.15) is 0 Å². The molecule has 0 aliphatic carbocycles. The van der Waals surface area contributed by atoms with Gasteiger partial charge in [-0.05, 0) is 37.5 Å². The molecule has 0 spiro atoms. The van der Waals surface area contributed by atoms with Gasteiger partial charge in [-0.25, -0.2) is 9.78 Å². The summed E-state index contributed by atoms with van der Waals surface area (Å²) < 4.78 is 11.4. The SMILES string of the molecule is Cc1ccc2nc(CN3CCN(C(=O)NC[C@@H]4CCCO4)CC3)oc2c1. The quantitative estimate of drug-likeness (QED) is 0.907. The number of aromatic nitrogens is 1. The highest BCUT2D eigenvalue weighted by atomic mass is 16.5. The van der Waals surface area contributed by atoms with E-state index < -0.39 is 0 Å². The van der Waals surface area contributed by atoms with Crippen molar-refractivity contribution in [1.82, 2.24) is 20.1 Å². The monoisotopic (exact) mass is 358 g/mol. The van der Waals surface area contributed by atoms with Gasteiger partial charge in [0.2, 0.25) is 5.89 Å². The molecule has 1 N–H and O–H groups in total. The first-order chi connectivity index (χ1) is 12.7. The van der Waals surface area contributed by atoms with E-state index in [0.29, 0.717) is 13.1 Å². The third-order valence-electron chi connectivity index (χ3n) is 5.11. The number of piperazine rings is 1. The first kappa shape index (κ1) is 17.3. The zero-order valence-corrected chi connectivity index (χ0v) is 15.2. The summed E-state index contributed by atoms with van der Waals surface area (Å²) in [6.45, 7) is 7.24. The van der Waals surface area contributed by atoms with Crippen LogP contribution in [0.5, 0.6) is 0 Å². The maximum atomic E-state index is 12.3. The lowest BCUT2D eigenvalue weighted by Crippen LogP contribution is -2.52. The van der Waals surface area contributed by atoms with Crippen LogP contribution < -0.4 is 5.32 Å². The fraction of sp³-hybridized carbons (Fsp3) is 0.579. The number of rotatable bonds is 4. The van der Waals surface area contributed by atoms with Crippen LogP contribution in [0, 0.1) is 6.92 Å². The maximum Gasteiger partial charge on any atom is 0.317 e. The average molecular weight is 358 g/mol. The number of oxazole rings is 1. The van der Waals surface area contributed by atoms with E-state index in [1.807, 2.05) is 30.0 Å². The summed E-state index contributed by atoms with van der Waals surface area (Å²) in [4.78, 5) is 21.0. The molecule has 1 aromatic carbocycles. The van der Waals surface area contributed by atoms with E-state index in [4.69, 9.17) is 9.15 Å². The molecule has 7 heteroatoms. The number of nitrogens with zero attached hydrogens (tertiary/aromatic N) is 3. The standard InChI is InChI=1S/C19H26N4O3/c1-14-4-5-16-17(11-14)26-18(21-16)13-22-6-8-23(9-7-22)19(24)20-12-15-3-2-10-25-15/h4-5,11,15H,2-3,6-10,12-13H2,1H3,(H,20,24)/t15-/m0/s1. The van der Waals surface area contributed by atoms with Crippen molar-refractivity contribution in [2.45, 2.75) is 32.4 Å². The minimum atomic E-state index is 0.0116. The van der Waals surface area contributed by atoms with E-state index in [9.17, 15) is 4.79 Å². The van der Waals surface area contributed by atoms with Gasteiger partial charge in [0.25, 0.3) is 0 Å². The van der Waals surface area contributed by atoms with Crippen LogP contribution in [0.25, 0.3) is 11.1 Å². The lowest BCUT2D eigenvalue weighted by atomic mass is 10.2. The van der Waals surface area contributed by atoms with Crippen molar-refractivity contribution in [2.24, 2.45) is 0 Å². The summed E-state index contributed by atoms with van der Waals surface area (Å²) >= 11 is 0. The molecular formula is C19H26N4O3. The number of hydrogen-bond donors (Lipinski definition) is 1. The van der Waals surface area contributed by atoms with Crippen LogP contribution in [0.4, 0.5) is 4.79 Å². The summed E-state index contributed by atoms with van der Waals surface area (Å²) in [5.74, 6) is 0.738. The third kappa shape index (κ3) is 3.99. The molecule has 1 atom stereocenters. The van der Waals surface area contributed by atoms with Gasteiger partial charge in [0, 0.05) is 39.3 Å². The smallest absolute Gasteiger partial charge is 0.317 e. The predicted octanol–water partition coefficient (Wildman–Crippen LogP) is 2.14. The fourth-order valence-corrected chi connectivity index (χ4v) is 3.57. The molecule has 2 fully saturated rings. The molecule has 1 aromatic heterocycles. The Morgan fingerprint density at radius 3 is 2.92 bits per heavy atom. The van der Waals surface area contributed by atoms with Crippen LogP contribution >= 0.6 is 0 Å². The predicted molar refractivity (Wildman–Crippen MR) is 98.0 cm³/mol. The zero-order valence-electron chi connectivity index (χ0n) is 15.2. The topological polar surface area (TPSA) is 70.8 Å². The Morgan fingerprint density at radius 2 is 2.15 bits per heavy atom. The Kier molecular flexibility index (Phi) is 5.08. The summed E-state index contributed by atoms with van der Waals surface area (Å²) in [6, 6.07) is 6.07. The van der Waals surface area contributed by atoms with Gasteiger partial charge < -0.3 is 19.4 Å². The lowest BCUT2D eigenvalue weighted by Gasteiger charge is -2.34. The van der Waals surface area contributed by atoms with E-state index in [0.717, 1.165) is 62.6 Å². The molecule has 0 saturated carbocycles. The number of aryl methyl sites for hydroxylation is 1. The first-order valence-electron chi connectivity index (χ1n) is 9.40. The number of benzene rings is 1. The number of nitrogens with one attached hydrogen (secondary N) is 1. The van der Waals surface area contributed by atoms with Crippen molar-refractivity contribution in [1.29, 1.82) is 0 Å². The first-order valence-corrected chi connectivity index (χ1v) is 9.40. The van der Waals surface area contributed by atoms with E-state index in [1.165, 1.54) is 5.56 Å². The zero-order chi connectivity index (χ0) is 17.9. The Bertz CT molecular complexity index is 761. The Labute approximate surface area is 153 Å². The minimum absolute atomic E-state index is 0.0116. The number of carbonyl (C=O) groups is 1.